The summed E-state index contributed by atoms with van der Waals surface area (Å²) in [6.45, 7) is 4.00. The Labute approximate surface area is 243 Å². The van der Waals surface area contributed by atoms with Crippen molar-refractivity contribution in [2.45, 2.75) is 13.8 Å². The van der Waals surface area contributed by atoms with E-state index in [1.807, 2.05) is 13.8 Å². The van der Waals surface area contributed by atoms with E-state index in [0.717, 1.165) is 24.3 Å². The van der Waals surface area contributed by atoms with Gasteiger partial charge in [-0.2, -0.15) is 0 Å². The molecule has 0 fully saturated rings. The normalized spacial score (nSPS) is 9.25. The monoisotopic (exact) mass is 726 g/mol. The Balaban J connectivity index is 0.000000294. The second-order valence-corrected chi connectivity index (χ2v) is 7.03. The number of benzene rings is 2. The van der Waals surface area contributed by atoms with Gasteiger partial charge in [0.25, 0.3) is 0 Å². The zero-order chi connectivity index (χ0) is 28.6. The molecule has 0 saturated carbocycles. The molecule has 1 radical (unpaired) electrons. The predicted octanol–water partition coefficient (Wildman–Crippen LogP) is 7.46. The summed E-state index contributed by atoms with van der Waals surface area (Å²) in [6, 6.07) is 23.8. The summed E-state index contributed by atoms with van der Waals surface area (Å²) >= 11 is 0. The van der Waals surface area contributed by atoms with Crippen molar-refractivity contribution >= 4 is 5.97 Å². The first kappa shape index (κ1) is 33.8. The predicted molar refractivity (Wildman–Crippen MR) is 139 cm³/mol. The van der Waals surface area contributed by atoms with Gasteiger partial charge in [0.05, 0.1) is 0 Å². The van der Waals surface area contributed by atoms with Gasteiger partial charge in [-0.1, -0.05) is 67.4 Å². The minimum Gasteiger partial charge on any atom is -0.477 e. The number of aromatic carboxylic acids is 1. The van der Waals surface area contributed by atoms with Crippen LogP contribution in [-0.4, -0.2) is 26.0 Å². The number of carboxylic acids is 1. The van der Waals surface area contributed by atoms with E-state index in [0.29, 0.717) is 11.4 Å². The first-order valence-corrected chi connectivity index (χ1v) is 11.6. The molecule has 0 unspecified atom stereocenters. The Hall–Kier alpha value is -4.27. The van der Waals surface area contributed by atoms with Crippen molar-refractivity contribution in [3.05, 3.63) is 139 Å². The van der Waals surface area contributed by atoms with Crippen molar-refractivity contribution in [1.29, 1.82) is 0 Å². The van der Waals surface area contributed by atoms with Gasteiger partial charge in [0.1, 0.15) is 5.69 Å². The number of pyridine rings is 3. The van der Waals surface area contributed by atoms with E-state index in [1.165, 1.54) is 12.3 Å². The van der Waals surface area contributed by atoms with Crippen LogP contribution in [0.5, 0.6) is 0 Å². The molecule has 3 aromatic heterocycles. The van der Waals surface area contributed by atoms with Crippen LogP contribution in [0.3, 0.4) is 0 Å². The van der Waals surface area contributed by atoms with Crippen LogP contribution in [0.15, 0.2) is 97.5 Å². The van der Waals surface area contributed by atoms with Gasteiger partial charge >= 0.3 is 5.97 Å². The van der Waals surface area contributed by atoms with Crippen molar-refractivity contribution < 1.29 is 47.6 Å². The zero-order valence-electron chi connectivity index (χ0n) is 21.3. The summed E-state index contributed by atoms with van der Waals surface area (Å²) in [5.74, 6) is -3.56. The fourth-order valence-electron chi connectivity index (χ4n) is 2.79. The largest absolute Gasteiger partial charge is 0.477 e. The fourth-order valence-corrected chi connectivity index (χ4v) is 2.79. The van der Waals surface area contributed by atoms with Crippen LogP contribution in [0.4, 0.5) is 17.6 Å². The fraction of sp³-hybridized carbons (Fsp3) is 0.0667. The molecule has 2 aromatic carbocycles. The van der Waals surface area contributed by atoms with Crippen LogP contribution in [0.2, 0.25) is 0 Å². The quantitative estimate of drug-likeness (QED) is 0.155. The third kappa shape index (κ3) is 10.8. The topological polar surface area (TPSA) is 76.0 Å². The number of hydrogen-bond acceptors (Lipinski definition) is 4. The molecule has 10 heteroatoms. The Bertz CT molecular complexity index is 1360. The maximum Gasteiger partial charge on any atom is 0.354 e. The molecule has 0 bridgehead atoms. The summed E-state index contributed by atoms with van der Waals surface area (Å²) in [5, 5.41) is 8.32. The minimum absolute atomic E-state index is 0. The van der Waals surface area contributed by atoms with Gasteiger partial charge in [-0.3, -0.25) is 17.6 Å². The molecule has 0 aliphatic carbocycles. The van der Waals surface area contributed by atoms with Crippen molar-refractivity contribution in [1.82, 2.24) is 15.0 Å². The van der Waals surface area contributed by atoms with E-state index in [9.17, 15) is 22.4 Å². The van der Waals surface area contributed by atoms with Crippen LogP contribution in [0.1, 0.15) is 24.3 Å². The smallest absolute Gasteiger partial charge is 0.354 e. The second-order valence-electron chi connectivity index (χ2n) is 7.03. The first-order chi connectivity index (χ1) is 18.8. The van der Waals surface area contributed by atoms with Crippen LogP contribution in [0.25, 0.3) is 22.5 Å². The van der Waals surface area contributed by atoms with Gasteiger partial charge in [-0.25, -0.2) is 9.78 Å². The van der Waals surface area contributed by atoms with Gasteiger partial charge in [0.15, 0.2) is 0 Å². The van der Waals surface area contributed by atoms with Gasteiger partial charge in [-0.15, -0.1) is 24.3 Å². The van der Waals surface area contributed by atoms with Gasteiger partial charge in [0, 0.05) is 62.0 Å². The summed E-state index contributed by atoms with van der Waals surface area (Å²) in [7, 11) is 0. The molecule has 5 rings (SSSR count). The molecule has 0 atom stereocenters. The SMILES string of the molecule is CC.Fc1c[c-]c(-c2ccccn2)c(F)c1.Fc1c[c-]c(-c2ccccn2)c(F)c1.O=C(O)c1ccccn1.[Ir]. The average Bonchev–Trinajstić information content (AvgIpc) is 2.96. The summed E-state index contributed by atoms with van der Waals surface area (Å²) in [5.41, 5.74) is 1.35. The standard InChI is InChI=1S/2C11H6F2N.C6H5NO2.C2H6.Ir/c2*12-8-4-5-9(10(13)7-8)11-3-1-2-6-14-11;8-6(9)5-3-1-2-4-7-5;1-2;/h2*1-4,6-7H;1-4H,(H,8,9);1-2H3;/q2*-1;;;. The maximum absolute atomic E-state index is 13.2. The van der Waals surface area contributed by atoms with Crippen LogP contribution < -0.4 is 0 Å². The van der Waals surface area contributed by atoms with Gasteiger partial charge in [0.2, 0.25) is 0 Å². The molecule has 1 N–H and O–H groups in total. The first-order valence-electron chi connectivity index (χ1n) is 11.6. The maximum atomic E-state index is 13.2. The van der Waals surface area contributed by atoms with E-state index in [1.54, 1.807) is 60.9 Å². The van der Waals surface area contributed by atoms with E-state index in [-0.39, 0.29) is 36.9 Å². The van der Waals surface area contributed by atoms with Gasteiger partial charge < -0.3 is 15.1 Å². The molecule has 40 heavy (non-hydrogen) atoms. The average molecular weight is 726 g/mol. The van der Waals surface area contributed by atoms with Crippen LogP contribution in [-0.2, 0) is 20.1 Å². The number of aromatic nitrogens is 3. The molecule has 0 spiro atoms. The summed E-state index contributed by atoms with van der Waals surface area (Å²) in [4.78, 5) is 21.6. The van der Waals surface area contributed by atoms with Crippen molar-refractivity contribution in [2.75, 3.05) is 0 Å². The molecule has 5 nitrogen and oxygen atoms in total. The Morgan fingerprint density at radius 2 is 1.07 bits per heavy atom. The van der Waals surface area contributed by atoms with Crippen LogP contribution >= 0.6 is 0 Å². The minimum atomic E-state index is -0.990. The molecule has 0 amide bonds. The molecule has 5 aromatic rings. The molecular formula is C30H23F4IrN3O2-2. The molecular weight excluding hydrogens is 703 g/mol. The van der Waals surface area contributed by atoms with E-state index < -0.39 is 29.2 Å². The Morgan fingerprint density at radius 3 is 1.35 bits per heavy atom. The summed E-state index contributed by atoms with van der Waals surface area (Å²) < 4.78 is 51.6. The molecule has 3 heterocycles. The Kier molecular flexibility index (Phi) is 15.3. The number of halogens is 4. The molecule has 0 aliphatic rings. The third-order valence-electron chi connectivity index (χ3n) is 4.44. The van der Waals surface area contributed by atoms with Crippen molar-refractivity contribution in [3.8, 4) is 22.5 Å². The summed E-state index contributed by atoms with van der Waals surface area (Å²) in [6.07, 6.45) is 4.54. The zero-order valence-corrected chi connectivity index (χ0v) is 23.7. The molecule has 209 valence electrons. The second kappa shape index (κ2) is 18.1. The number of hydrogen-bond donors (Lipinski definition) is 1. The van der Waals surface area contributed by atoms with E-state index in [4.69, 9.17) is 5.11 Å². The van der Waals surface area contributed by atoms with Crippen molar-refractivity contribution in [2.24, 2.45) is 0 Å². The number of rotatable bonds is 3. The van der Waals surface area contributed by atoms with Gasteiger partial charge in [-0.05, 0) is 35.7 Å². The Morgan fingerprint density at radius 1 is 0.675 bits per heavy atom. The number of carboxylic acid groups (broad SMARTS) is 1. The van der Waals surface area contributed by atoms with Crippen molar-refractivity contribution in [3.63, 3.8) is 0 Å². The van der Waals surface area contributed by atoms with E-state index in [2.05, 4.69) is 27.1 Å². The number of nitrogens with zero attached hydrogens (tertiary/aromatic N) is 3. The molecule has 0 aliphatic heterocycles. The third-order valence-corrected chi connectivity index (χ3v) is 4.44. The van der Waals surface area contributed by atoms with Crippen LogP contribution in [0, 0.1) is 35.4 Å². The number of carbonyl (C=O) groups is 1. The molecule has 0 saturated heterocycles. The van der Waals surface area contributed by atoms with E-state index >= 15 is 0 Å².